The van der Waals surface area contributed by atoms with Crippen molar-refractivity contribution >= 4 is 0 Å². The third kappa shape index (κ3) is 4.12. The van der Waals surface area contributed by atoms with Crippen LogP contribution in [0.1, 0.15) is 69.7 Å². The van der Waals surface area contributed by atoms with Gasteiger partial charge in [0.1, 0.15) is 18.3 Å². The maximum atomic E-state index is 12.5. The fourth-order valence-corrected chi connectivity index (χ4v) is 9.56. The van der Waals surface area contributed by atoms with Gasteiger partial charge in [-0.15, -0.1) is 6.42 Å². The van der Waals surface area contributed by atoms with Crippen LogP contribution in [0.3, 0.4) is 0 Å². The lowest BCUT2D eigenvalue weighted by molar-refractivity contribution is -0.262. The monoisotopic (exact) mass is 605 g/mol. The summed E-state index contributed by atoms with van der Waals surface area (Å²) >= 11 is 0. The quantitative estimate of drug-likeness (QED) is 0.296. The molecule has 1 spiro atoms. The maximum Gasteiger partial charge on any atom is 0.166 e. The van der Waals surface area contributed by atoms with E-state index in [-0.39, 0.29) is 12.0 Å². The first-order valence-corrected chi connectivity index (χ1v) is 16.5. The average Bonchev–Trinajstić information content (AvgIpc) is 3.39. The largest absolute Gasteiger partial charge is 0.485 e. The molecule has 2 heterocycles. The molecule has 1 N–H and O–H groups in total. The highest BCUT2D eigenvalue weighted by molar-refractivity contribution is 5.64. The van der Waals surface area contributed by atoms with Gasteiger partial charge in [0.15, 0.2) is 11.5 Å². The smallest absolute Gasteiger partial charge is 0.166 e. The summed E-state index contributed by atoms with van der Waals surface area (Å²) in [7, 11) is 1.77. The molecule has 3 aromatic rings. The highest BCUT2D eigenvalue weighted by Crippen LogP contribution is 2.73. The topological polar surface area (TPSA) is 51.2 Å². The number of hydrogen-bond donors (Lipinski definition) is 1. The summed E-state index contributed by atoms with van der Waals surface area (Å²) in [4.78, 5) is 2.61. The Morgan fingerprint density at radius 2 is 1.67 bits per heavy atom. The summed E-state index contributed by atoms with van der Waals surface area (Å²) in [6.45, 7) is 12.6. The van der Waals surface area contributed by atoms with Gasteiger partial charge in [0.25, 0.3) is 0 Å². The number of likely N-dealkylation sites (tertiary alicyclic amines) is 1. The Labute approximate surface area is 268 Å². The Hall–Kier alpha value is -3.30. The number of methoxy groups -OCH3 is 1. The Kier molecular flexibility index (Phi) is 6.99. The van der Waals surface area contributed by atoms with Crippen molar-refractivity contribution in [2.45, 2.75) is 95.8 Å². The minimum Gasteiger partial charge on any atom is -0.485 e. The van der Waals surface area contributed by atoms with Crippen molar-refractivity contribution in [2.24, 2.45) is 16.7 Å². The van der Waals surface area contributed by atoms with E-state index in [1.165, 1.54) is 16.7 Å². The van der Waals surface area contributed by atoms with Gasteiger partial charge in [0.2, 0.25) is 0 Å². The van der Waals surface area contributed by atoms with E-state index in [4.69, 9.17) is 20.6 Å². The summed E-state index contributed by atoms with van der Waals surface area (Å²) in [5, 5.41) is 12.5. The number of hydrogen-bond acceptors (Lipinski definition) is 5. The Morgan fingerprint density at radius 1 is 1.00 bits per heavy atom. The molecule has 5 nitrogen and oxygen atoms in total. The van der Waals surface area contributed by atoms with E-state index < -0.39 is 33.6 Å². The number of piperidine rings is 1. The molecule has 2 bridgehead atoms. The third-order valence-electron chi connectivity index (χ3n) is 12.4. The Bertz CT molecular complexity index is 1620. The van der Waals surface area contributed by atoms with Crippen LogP contribution in [-0.4, -0.2) is 47.0 Å². The molecule has 2 aliphatic carbocycles. The first-order valence-electron chi connectivity index (χ1n) is 16.5. The van der Waals surface area contributed by atoms with E-state index in [1.54, 1.807) is 7.11 Å². The zero-order valence-corrected chi connectivity index (χ0v) is 27.6. The molecule has 1 saturated heterocycles. The minimum atomic E-state index is -1.09. The summed E-state index contributed by atoms with van der Waals surface area (Å²) < 4.78 is 20.4. The van der Waals surface area contributed by atoms with E-state index >= 15 is 0 Å². The van der Waals surface area contributed by atoms with Crippen molar-refractivity contribution in [3.63, 3.8) is 0 Å². The summed E-state index contributed by atoms with van der Waals surface area (Å²) in [5.41, 5.74) is 1.49. The number of aliphatic hydroxyl groups is 1. The molecule has 1 saturated carbocycles. The van der Waals surface area contributed by atoms with Crippen molar-refractivity contribution < 1.29 is 19.3 Å². The summed E-state index contributed by atoms with van der Waals surface area (Å²) in [6, 6.07) is 25.3. The zero-order chi connectivity index (χ0) is 31.8. The maximum absolute atomic E-state index is 12.5. The molecule has 0 aromatic heterocycles. The first-order chi connectivity index (χ1) is 21.4. The molecule has 0 radical (unpaired) electrons. The van der Waals surface area contributed by atoms with Crippen molar-refractivity contribution in [1.29, 1.82) is 0 Å². The fourth-order valence-electron chi connectivity index (χ4n) is 9.56. The van der Waals surface area contributed by atoms with Gasteiger partial charge in [-0.05, 0) is 67.8 Å². The van der Waals surface area contributed by atoms with Crippen LogP contribution in [0.4, 0.5) is 0 Å². The van der Waals surface area contributed by atoms with Gasteiger partial charge in [-0.2, -0.15) is 0 Å². The van der Waals surface area contributed by atoms with Crippen LogP contribution < -0.4 is 9.47 Å². The van der Waals surface area contributed by atoms with Crippen LogP contribution in [0.15, 0.2) is 72.8 Å². The molecule has 3 aromatic carbocycles. The van der Waals surface area contributed by atoms with E-state index in [1.807, 2.05) is 25.1 Å². The van der Waals surface area contributed by atoms with E-state index in [0.717, 1.165) is 43.0 Å². The molecule has 45 heavy (non-hydrogen) atoms. The highest BCUT2D eigenvalue weighted by atomic mass is 16.6. The molecular weight excluding hydrogens is 558 g/mol. The molecule has 0 unspecified atom stereocenters. The molecule has 5 heteroatoms. The number of benzene rings is 3. The van der Waals surface area contributed by atoms with Gasteiger partial charge in [0, 0.05) is 31.2 Å². The predicted octanol–water partition coefficient (Wildman–Crippen LogP) is 6.94. The van der Waals surface area contributed by atoms with Crippen LogP contribution in [-0.2, 0) is 29.7 Å². The number of ether oxygens (including phenoxy) is 3. The van der Waals surface area contributed by atoms with Gasteiger partial charge in [0.05, 0.1) is 16.4 Å². The fraction of sp³-hybridized carbons (Fsp3) is 0.500. The van der Waals surface area contributed by atoms with Gasteiger partial charge in [-0.3, -0.25) is 4.90 Å². The molecular formula is C40H47NO4. The number of nitrogens with zero attached hydrogens (tertiary/aromatic N) is 1. The Morgan fingerprint density at radius 3 is 2.29 bits per heavy atom. The SMILES string of the molecule is C#C[C@@]12C[C@@H]([C@](C)(O)C(C)(C)C)[C@@](C)(OC)[C@H]3Oc4c(OCc5ccccc5)ccc5c4[C@]31CCN(Cc1ccccc1)[C@@H]2C5. The second kappa shape index (κ2) is 10.4. The first kappa shape index (κ1) is 30.4. The average molecular weight is 606 g/mol. The molecule has 236 valence electrons. The second-order valence-corrected chi connectivity index (χ2v) is 15.3. The van der Waals surface area contributed by atoms with Gasteiger partial charge >= 0.3 is 0 Å². The van der Waals surface area contributed by atoms with E-state index in [9.17, 15) is 5.11 Å². The van der Waals surface area contributed by atoms with Gasteiger partial charge in [-0.25, -0.2) is 0 Å². The van der Waals surface area contributed by atoms with Gasteiger partial charge < -0.3 is 19.3 Å². The number of terminal acetylenes is 1. The Balaban J connectivity index is 1.42. The molecule has 7 rings (SSSR count). The molecule has 2 fully saturated rings. The minimum absolute atomic E-state index is 0.0803. The summed E-state index contributed by atoms with van der Waals surface area (Å²) in [6.07, 6.45) is 8.78. The molecule has 7 atom stereocenters. The third-order valence-corrected chi connectivity index (χ3v) is 12.4. The lowest BCUT2D eigenvalue weighted by Gasteiger charge is -2.69. The van der Waals surface area contributed by atoms with Gasteiger partial charge in [-0.1, -0.05) is 93.4 Å². The van der Waals surface area contributed by atoms with E-state index in [2.05, 4.69) is 93.1 Å². The second-order valence-electron chi connectivity index (χ2n) is 15.3. The van der Waals surface area contributed by atoms with Crippen LogP contribution in [0.5, 0.6) is 11.5 Å². The van der Waals surface area contributed by atoms with Crippen molar-refractivity contribution in [2.75, 3.05) is 13.7 Å². The number of rotatable bonds is 7. The molecule has 0 amide bonds. The van der Waals surface area contributed by atoms with Crippen molar-refractivity contribution in [1.82, 2.24) is 4.90 Å². The van der Waals surface area contributed by atoms with Crippen LogP contribution in [0, 0.1) is 29.1 Å². The van der Waals surface area contributed by atoms with Crippen LogP contribution in [0.25, 0.3) is 0 Å². The van der Waals surface area contributed by atoms with E-state index in [0.29, 0.717) is 13.0 Å². The van der Waals surface area contributed by atoms with Crippen LogP contribution >= 0.6 is 0 Å². The van der Waals surface area contributed by atoms with Crippen molar-refractivity contribution in [3.05, 3.63) is 95.1 Å². The predicted molar refractivity (Wildman–Crippen MR) is 177 cm³/mol. The molecule has 2 aliphatic heterocycles. The zero-order valence-electron chi connectivity index (χ0n) is 27.6. The normalized spacial score (nSPS) is 33.0. The summed E-state index contributed by atoms with van der Waals surface area (Å²) in [5.74, 6) is 4.76. The van der Waals surface area contributed by atoms with Crippen LogP contribution in [0.2, 0.25) is 0 Å². The molecule has 4 aliphatic rings. The standard InChI is InChI=1S/C40H47NO4/c1-8-39-24-31(38(6,42)36(2,3)4)37(5,43-7)35-40(39)21-22-41(25-27-15-11-9-12-16-27)32(39)23-29-19-20-30(34(45-35)33(29)40)44-26-28-17-13-10-14-18-28/h1,9-20,31-32,35,42H,21-26H2,2-7H3/t31-,32-,35-,37-,38+,39+,40-/m1/s1. The lowest BCUT2D eigenvalue weighted by Crippen LogP contribution is -2.79. The lowest BCUT2D eigenvalue weighted by atomic mass is 9.38. The van der Waals surface area contributed by atoms with Crippen molar-refractivity contribution in [3.8, 4) is 23.8 Å². The highest BCUT2D eigenvalue weighted by Gasteiger charge is 2.79.